The van der Waals surface area contributed by atoms with Crippen LogP contribution >= 0.6 is 11.3 Å². The molecule has 1 saturated carbocycles. The van der Waals surface area contributed by atoms with Gasteiger partial charge in [0.25, 0.3) is 5.91 Å². The van der Waals surface area contributed by atoms with Crippen molar-refractivity contribution < 1.29 is 4.79 Å². The average Bonchev–Trinajstić information content (AvgIpc) is 3.32. The summed E-state index contributed by atoms with van der Waals surface area (Å²) < 4.78 is 0. The summed E-state index contributed by atoms with van der Waals surface area (Å²) in [7, 11) is 0. The van der Waals surface area contributed by atoms with Gasteiger partial charge in [-0.2, -0.15) is 0 Å². The van der Waals surface area contributed by atoms with E-state index in [-0.39, 0.29) is 5.91 Å². The van der Waals surface area contributed by atoms with Crippen molar-refractivity contribution in [3.8, 4) is 0 Å². The van der Waals surface area contributed by atoms with Gasteiger partial charge in [-0.25, -0.2) is 9.97 Å². The van der Waals surface area contributed by atoms with Crippen molar-refractivity contribution in [2.75, 3.05) is 18.4 Å². The molecule has 2 aromatic rings. The quantitative estimate of drug-likeness (QED) is 0.754. The van der Waals surface area contributed by atoms with E-state index in [1.165, 1.54) is 24.2 Å². The molecule has 3 atom stereocenters. The lowest BCUT2D eigenvalue weighted by Gasteiger charge is -2.19. The summed E-state index contributed by atoms with van der Waals surface area (Å²) in [5.74, 6) is 3.45. The summed E-state index contributed by atoms with van der Waals surface area (Å²) >= 11 is 1.45. The monoisotopic (exact) mass is 370 g/mol. The molecule has 4 rings (SSSR count). The van der Waals surface area contributed by atoms with E-state index in [9.17, 15) is 4.79 Å². The van der Waals surface area contributed by atoms with Crippen molar-refractivity contribution >= 4 is 33.3 Å². The summed E-state index contributed by atoms with van der Waals surface area (Å²) in [4.78, 5) is 23.0. The van der Waals surface area contributed by atoms with Crippen LogP contribution in [0.4, 0.5) is 5.82 Å². The number of carbonyl (C=O) groups excluding carboxylic acids is 1. The fraction of sp³-hybridized carbons (Fsp3) is 0.550. The lowest BCUT2D eigenvalue weighted by Crippen LogP contribution is -2.27. The highest BCUT2D eigenvalue weighted by atomic mass is 32.1. The molecule has 0 aliphatic heterocycles. The zero-order valence-electron chi connectivity index (χ0n) is 15.6. The minimum Gasteiger partial charge on any atom is -0.369 e. The fourth-order valence-corrected chi connectivity index (χ4v) is 5.22. The highest BCUT2D eigenvalue weighted by Crippen LogP contribution is 2.43. The van der Waals surface area contributed by atoms with Gasteiger partial charge in [0.1, 0.15) is 17.0 Å². The molecule has 2 aliphatic carbocycles. The van der Waals surface area contributed by atoms with Gasteiger partial charge in [0, 0.05) is 13.1 Å². The third-order valence-corrected chi connectivity index (χ3v) is 6.75. The standard InChI is InChI=1S/C20H26N4OS/c1-11(2)8-22-19(25)17-12(3)16-18(23-10-24-20(16)26-17)21-9-15-7-13-4-5-14(15)6-13/h4-5,10-11,13-15H,6-9H2,1-3H3,(H,22,25)(H,21,23,24)/t13-,14+,15-/m1/s1. The van der Waals surface area contributed by atoms with Crippen LogP contribution in [0.3, 0.4) is 0 Å². The summed E-state index contributed by atoms with van der Waals surface area (Å²) in [5.41, 5.74) is 0.974. The van der Waals surface area contributed by atoms with E-state index in [1.54, 1.807) is 6.33 Å². The second kappa shape index (κ2) is 6.99. The van der Waals surface area contributed by atoms with Crippen LogP contribution in [0.15, 0.2) is 18.5 Å². The average molecular weight is 371 g/mol. The van der Waals surface area contributed by atoms with E-state index in [4.69, 9.17) is 0 Å². The van der Waals surface area contributed by atoms with E-state index in [0.29, 0.717) is 24.3 Å². The van der Waals surface area contributed by atoms with Crippen molar-refractivity contribution in [3.05, 3.63) is 28.9 Å². The Balaban J connectivity index is 1.54. The highest BCUT2D eigenvalue weighted by molar-refractivity contribution is 7.20. The van der Waals surface area contributed by atoms with E-state index >= 15 is 0 Å². The first-order valence-electron chi connectivity index (χ1n) is 9.47. The number of amides is 1. The molecule has 2 N–H and O–H groups in total. The number of fused-ring (bicyclic) bond motifs is 3. The van der Waals surface area contributed by atoms with Gasteiger partial charge >= 0.3 is 0 Å². The van der Waals surface area contributed by atoms with Gasteiger partial charge < -0.3 is 10.6 Å². The number of hydrogen-bond acceptors (Lipinski definition) is 5. The van der Waals surface area contributed by atoms with Gasteiger partial charge in [-0.3, -0.25) is 4.79 Å². The zero-order chi connectivity index (χ0) is 18.3. The first kappa shape index (κ1) is 17.5. The number of nitrogens with one attached hydrogen (secondary N) is 2. The lowest BCUT2D eigenvalue weighted by atomic mass is 9.93. The van der Waals surface area contributed by atoms with Gasteiger partial charge in [-0.15, -0.1) is 11.3 Å². The molecule has 1 amide bonds. The SMILES string of the molecule is Cc1c(C(=O)NCC(C)C)sc2ncnc(NC[C@H]3C[C@@H]4C=C[C@H]3C4)c12. The Kier molecular flexibility index (Phi) is 4.69. The van der Waals surface area contributed by atoms with Gasteiger partial charge in [0.05, 0.1) is 10.3 Å². The van der Waals surface area contributed by atoms with Crippen LogP contribution in [0.25, 0.3) is 10.2 Å². The number of anilines is 1. The number of rotatable bonds is 6. The lowest BCUT2D eigenvalue weighted by molar-refractivity contribution is 0.0952. The number of aryl methyl sites for hydroxylation is 1. The molecule has 0 aromatic carbocycles. The third kappa shape index (κ3) is 3.22. The van der Waals surface area contributed by atoms with E-state index in [0.717, 1.165) is 38.9 Å². The molecule has 0 spiro atoms. The molecule has 26 heavy (non-hydrogen) atoms. The van der Waals surface area contributed by atoms with Crippen molar-refractivity contribution in [1.82, 2.24) is 15.3 Å². The van der Waals surface area contributed by atoms with Crippen molar-refractivity contribution in [3.63, 3.8) is 0 Å². The summed E-state index contributed by atoms with van der Waals surface area (Å²) in [6, 6.07) is 0. The predicted octanol–water partition coefficient (Wildman–Crippen LogP) is 4.01. The molecule has 2 heterocycles. The molecule has 6 heteroatoms. The minimum atomic E-state index is -0.0108. The molecule has 0 unspecified atom stereocenters. The maximum Gasteiger partial charge on any atom is 0.261 e. The van der Waals surface area contributed by atoms with Crippen LogP contribution in [0.1, 0.15) is 41.9 Å². The van der Waals surface area contributed by atoms with Crippen LogP contribution in [0.5, 0.6) is 0 Å². The molecule has 138 valence electrons. The molecule has 2 aliphatic rings. The Bertz CT molecular complexity index is 857. The van der Waals surface area contributed by atoms with Gasteiger partial charge in [0.15, 0.2) is 0 Å². The Morgan fingerprint density at radius 2 is 2.15 bits per heavy atom. The number of nitrogens with zero attached hydrogens (tertiary/aromatic N) is 2. The van der Waals surface area contributed by atoms with Crippen molar-refractivity contribution in [2.45, 2.75) is 33.6 Å². The molecular formula is C20H26N4OS. The second-order valence-corrected chi connectivity index (χ2v) is 8.98. The fourth-order valence-electron chi connectivity index (χ4n) is 4.16. The number of hydrogen-bond donors (Lipinski definition) is 2. The van der Waals surface area contributed by atoms with Crippen LogP contribution in [0, 0.1) is 30.6 Å². The summed E-state index contributed by atoms with van der Waals surface area (Å²) in [5, 5.41) is 7.55. The van der Waals surface area contributed by atoms with Crippen molar-refractivity contribution in [2.24, 2.45) is 23.7 Å². The molecule has 2 aromatic heterocycles. The number of thiophene rings is 1. The number of allylic oxidation sites excluding steroid dienone is 2. The van der Waals surface area contributed by atoms with E-state index < -0.39 is 0 Å². The maximum absolute atomic E-state index is 12.5. The highest BCUT2D eigenvalue weighted by Gasteiger charge is 2.35. The van der Waals surface area contributed by atoms with Crippen LogP contribution in [-0.4, -0.2) is 29.0 Å². The molecular weight excluding hydrogens is 344 g/mol. The molecule has 0 radical (unpaired) electrons. The summed E-state index contributed by atoms with van der Waals surface area (Å²) in [6.07, 6.45) is 8.92. The first-order chi connectivity index (χ1) is 12.5. The van der Waals surface area contributed by atoms with Gasteiger partial charge in [0.2, 0.25) is 0 Å². The zero-order valence-corrected chi connectivity index (χ0v) is 16.4. The summed E-state index contributed by atoms with van der Waals surface area (Å²) in [6.45, 7) is 7.80. The Morgan fingerprint density at radius 3 is 2.85 bits per heavy atom. The normalized spacial score (nSPS) is 23.9. The van der Waals surface area contributed by atoms with Crippen LogP contribution in [-0.2, 0) is 0 Å². The molecule has 2 bridgehead atoms. The smallest absolute Gasteiger partial charge is 0.261 e. The largest absolute Gasteiger partial charge is 0.369 e. The Labute approximate surface area is 158 Å². The molecule has 1 fully saturated rings. The maximum atomic E-state index is 12.5. The number of aromatic nitrogens is 2. The predicted molar refractivity (Wildman–Crippen MR) is 107 cm³/mol. The first-order valence-corrected chi connectivity index (χ1v) is 10.3. The third-order valence-electron chi connectivity index (χ3n) is 5.55. The molecule has 5 nitrogen and oxygen atoms in total. The Hall–Kier alpha value is -1.95. The topological polar surface area (TPSA) is 66.9 Å². The van der Waals surface area contributed by atoms with Crippen LogP contribution < -0.4 is 10.6 Å². The van der Waals surface area contributed by atoms with Crippen molar-refractivity contribution in [1.29, 1.82) is 0 Å². The van der Waals surface area contributed by atoms with Gasteiger partial charge in [-0.05, 0) is 49.0 Å². The van der Waals surface area contributed by atoms with Gasteiger partial charge in [-0.1, -0.05) is 26.0 Å². The van der Waals surface area contributed by atoms with E-state index in [1.807, 2.05) is 6.92 Å². The molecule has 0 saturated heterocycles. The minimum absolute atomic E-state index is 0.0108. The Morgan fingerprint density at radius 1 is 1.31 bits per heavy atom. The van der Waals surface area contributed by atoms with E-state index in [2.05, 4.69) is 46.6 Å². The van der Waals surface area contributed by atoms with Crippen LogP contribution in [0.2, 0.25) is 0 Å². The number of carbonyl (C=O) groups is 1. The second-order valence-electron chi connectivity index (χ2n) is 7.98.